The largest absolute Gasteiger partial charge is 0.495 e. The minimum Gasteiger partial charge on any atom is -0.495 e. The van der Waals surface area contributed by atoms with Crippen molar-refractivity contribution in [2.24, 2.45) is 5.73 Å². The van der Waals surface area contributed by atoms with Crippen molar-refractivity contribution in [3.63, 3.8) is 0 Å². The molecule has 106 valence electrons. The summed E-state index contributed by atoms with van der Waals surface area (Å²) in [5.74, 6) is 0.945. The molecule has 1 heterocycles. The van der Waals surface area contributed by atoms with E-state index in [2.05, 4.69) is 35.9 Å². The maximum absolute atomic E-state index is 5.78. The summed E-state index contributed by atoms with van der Waals surface area (Å²) in [6.45, 7) is 5.11. The van der Waals surface area contributed by atoms with Gasteiger partial charge in [-0.25, -0.2) is 0 Å². The molecule has 0 radical (unpaired) electrons. The standard InChI is InChI=1S/C15H25N3O/c1-12-10-17(2)11-13(8-9-16)18(12)14-6-4-5-7-15(14)19-3/h4-7,12-13H,8-11,16H2,1-3H3. The molecule has 2 N–H and O–H groups in total. The molecule has 19 heavy (non-hydrogen) atoms. The Morgan fingerprint density at radius 2 is 2.05 bits per heavy atom. The second-order valence-corrected chi connectivity index (χ2v) is 5.38. The van der Waals surface area contributed by atoms with Gasteiger partial charge in [-0.2, -0.15) is 0 Å². The molecule has 1 aliphatic rings. The van der Waals surface area contributed by atoms with Crippen LogP contribution in [0.4, 0.5) is 5.69 Å². The highest BCUT2D eigenvalue weighted by atomic mass is 16.5. The lowest BCUT2D eigenvalue weighted by Gasteiger charge is -2.46. The van der Waals surface area contributed by atoms with Gasteiger partial charge < -0.3 is 20.3 Å². The zero-order chi connectivity index (χ0) is 13.8. The summed E-state index contributed by atoms with van der Waals surface area (Å²) in [4.78, 5) is 4.86. The molecule has 0 saturated carbocycles. The molecule has 0 bridgehead atoms. The quantitative estimate of drug-likeness (QED) is 0.895. The average Bonchev–Trinajstić information content (AvgIpc) is 2.39. The van der Waals surface area contributed by atoms with Crippen molar-refractivity contribution in [1.29, 1.82) is 0 Å². The molecule has 1 aromatic carbocycles. The second kappa shape index (κ2) is 6.26. The maximum atomic E-state index is 5.78. The van der Waals surface area contributed by atoms with E-state index in [0.29, 0.717) is 12.1 Å². The molecule has 0 aromatic heterocycles. The third kappa shape index (κ3) is 3.01. The van der Waals surface area contributed by atoms with Gasteiger partial charge in [-0.15, -0.1) is 0 Å². The summed E-state index contributed by atoms with van der Waals surface area (Å²) in [6, 6.07) is 9.18. The zero-order valence-electron chi connectivity index (χ0n) is 12.2. The van der Waals surface area contributed by atoms with Crippen molar-refractivity contribution in [2.45, 2.75) is 25.4 Å². The van der Waals surface area contributed by atoms with Gasteiger partial charge in [0.25, 0.3) is 0 Å². The smallest absolute Gasteiger partial charge is 0.142 e. The van der Waals surface area contributed by atoms with Crippen LogP contribution in [0, 0.1) is 0 Å². The van der Waals surface area contributed by atoms with E-state index in [1.165, 1.54) is 5.69 Å². The zero-order valence-corrected chi connectivity index (χ0v) is 12.2. The fourth-order valence-corrected chi connectivity index (χ4v) is 3.12. The first-order valence-electron chi connectivity index (χ1n) is 6.97. The van der Waals surface area contributed by atoms with Crippen LogP contribution in [0.3, 0.4) is 0 Å². The first kappa shape index (κ1) is 14.2. The monoisotopic (exact) mass is 263 g/mol. The fourth-order valence-electron chi connectivity index (χ4n) is 3.12. The molecule has 4 heteroatoms. The van der Waals surface area contributed by atoms with Gasteiger partial charge in [0.2, 0.25) is 0 Å². The summed E-state index contributed by atoms with van der Waals surface area (Å²) in [7, 11) is 3.91. The van der Waals surface area contributed by atoms with E-state index >= 15 is 0 Å². The number of methoxy groups -OCH3 is 1. The van der Waals surface area contributed by atoms with Gasteiger partial charge in [-0.1, -0.05) is 12.1 Å². The lowest BCUT2D eigenvalue weighted by atomic mass is 10.0. The van der Waals surface area contributed by atoms with Gasteiger partial charge in [-0.3, -0.25) is 0 Å². The van der Waals surface area contributed by atoms with Crippen LogP contribution in [0.25, 0.3) is 0 Å². The van der Waals surface area contributed by atoms with Crippen LogP contribution in [0.5, 0.6) is 5.75 Å². The minimum atomic E-state index is 0.454. The number of nitrogens with zero attached hydrogens (tertiary/aromatic N) is 2. The van der Waals surface area contributed by atoms with Crippen molar-refractivity contribution in [2.75, 3.05) is 38.7 Å². The number of hydrogen-bond acceptors (Lipinski definition) is 4. The highest BCUT2D eigenvalue weighted by molar-refractivity contribution is 5.60. The van der Waals surface area contributed by atoms with Crippen LogP contribution < -0.4 is 15.4 Å². The summed E-state index contributed by atoms with van der Waals surface area (Å²) in [5, 5.41) is 0. The summed E-state index contributed by atoms with van der Waals surface area (Å²) in [6.07, 6.45) is 1.01. The van der Waals surface area contributed by atoms with Crippen molar-refractivity contribution in [3.8, 4) is 5.75 Å². The molecule has 1 saturated heterocycles. The van der Waals surface area contributed by atoms with Crippen molar-refractivity contribution >= 4 is 5.69 Å². The van der Waals surface area contributed by atoms with Crippen LogP contribution >= 0.6 is 0 Å². The number of rotatable bonds is 4. The Labute approximate surface area is 116 Å². The predicted octanol–water partition coefficient (Wildman–Crippen LogP) is 1.55. The number of hydrogen-bond donors (Lipinski definition) is 1. The highest BCUT2D eigenvalue weighted by Crippen LogP contribution is 2.33. The third-order valence-corrected chi connectivity index (χ3v) is 3.83. The Balaban J connectivity index is 2.32. The molecule has 0 aliphatic carbocycles. The highest BCUT2D eigenvalue weighted by Gasteiger charge is 2.31. The van der Waals surface area contributed by atoms with E-state index in [-0.39, 0.29) is 0 Å². The molecule has 2 unspecified atom stereocenters. The number of para-hydroxylation sites is 2. The SMILES string of the molecule is COc1ccccc1N1C(C)CN(C)CC1CCN. The second-order valence-electron chi connectivity index (χ2n) is 5.38. The van der Waals surface area contributed by atoms with Gasteiger partial charge in [0.05, 0.1) is 12.8 Å². The number of piperazine rings is 1. The van der Waals surface area contributed by atoms with Crippen LogP contribution in [0.2, 0.25) is 0 Å². The summed E-state index contributed by atoms with van der Waals surface area (Å²) >= 11 is 0. The molecular formula is C15H25N3O. The normalized spacial score (nSPS) is 24.5. The Morgan fingerprint density at radius 3 is 2.74 bits per heavy atom. The molecule has 2 atom stereocenters. The number of ether oxygens (including phenoxy) is 1. The van der Waals surface area contributed by atoms with E-state index in [0.717, 1.165) is 31.8 Å². The van der Waals surface area contributed by atoms with E-state index in [1.807, 2.05) is 12.1 Å². The molecule has 4 nitrogen and oxygen atoms in total. The Hall–Kier alpha value is -1.26. The summed E-state index contributed by atoms with van der Waals surface area (Å²) in [5.41, 5.74) is 6.97. The number of anilines is 1. The van der Waals surface area contributed by atoms with Crippen molar-refractivity contribution in [1.82, 2.24) is 4.90 Å². The van der Waals surface area contributed by atoms with E-state index in [4.69, 9.17) is 10.5 Å². The van der Waals surface area contributed by atoms with E-state index < -0.39 is 0 Å². The van der Waals surface area contributed by atoms with E-state index in [1.54, 1.807) is 7.11 Å². The Bertz CT molecular complexity index is 410. The Kier molecular flexibility index (Phi) is 4.66. The van der Waals surface area contributed by atoms with Crippen LogP contribution in [-0.2, 0) is 0 Å². The molecule has 1 aliphatic heterocycles. The number of nitrogens with two attached hydrogens (primary N) is 1. The maximum Gasteiger partial charge on any atom is 0.142 e. The molecule has 2 rings (SSSR count). The van der Waals surface area contributed by atoms with Crippen LogP contribution in [-0.4, -0.2) is 50.8 Å². The van der Waals surface area contributed by atoms with E-state index in [9.17, 15) is 0 Å². The predicted molar refractivity (Wildman–Crippen MR) is 79.9 cm³/mol. The van der Waals surface area contributed by atoms with Gasteiger partial charge in [0.1, 0.15) is 5.75 Å². The topological polar surface area (TPSA) is 41.7 Å². The third-order valence-electron chi connectivity index (χ3n) is 3.83. The molecule has 0 amide bonds. The summed E-state index contributed by atoms with van der Waals surface area (Å²) < 4.78 is 5.51. The van der Waals surface area contributed by atoms with Crippen LogP contribution in [0.1, 0.15) is 13.3 Å². The van der Waals surface area contributed by atoms with Crippen molar-refractivity contribution < 1.29 is 4.74 Å². The lowest BCUT2D eigenvalue weighted by molar-refractivity contribution is 0.226. The average molecular weight is 263 g/mol. The van der Waals surface area contributed by atoms with Gasteiger partial charge >= 0.3 is 0 Å². The lowest BCUT2D eigenvalue weighted by Crippen LogP contribution is -2.57. The fraction of sp³-hybridized carbons (Fsp3) is 0.600. The molecule has 1 aromatic rings. The molecule has 1 fully saturated rings. The molecular weight excluding hydrogens is 238 g/mol. The first-order valence-corrected chi connectivity index (χ1v) is 6.97. The van der Waals surface area contributed by atoms with Crippen LogP contribution in [0.15, 0.2) is 24.3 Å². The van der Waals surface area contributed by atoms with Gasteiger partial charge in [0.15, 0.2) is 0 Å². The molecule has 0 spiro atoms. The van der Waals surface area contributed by atoms with Crippen molar-refractivity contribution in [3.05, 3.63) is 24.3 Å². The Morgan fingerprint density at radius 1 is 1.32 bits per heavy atom. The number of benzene rings is 1. The van der Waals surface area contributed by atoms with Gasteiger partial charge in [-0.05, 0) is 39.1 Å². The number of likely N-dealkylation sites (N-methyl/N-ethyl adjacent to an activating group) is 1. The minimum absolute atomic E-state index is 0.454. The first-order chi connectivity index (χ1) is 9.17. The van der Waals surface area contributed by atoms with Gasteiger partial charge in [0, 0.05) is 25.2 Å².